The Bertz CT molecular complexity index is 312. The minimum Gasteiger partial charge on any atom is -0.468 e. The highest BCUT2D eigenvalue weighted by Crippen LogP contribution is 2.12. The van der Waals surface area contributed by atoms with Gasteiger partial charge >= 0.3 is 5.97 Å². The van der Waals surface area contributed by atoms with E-state index in [2.05, 4.69) is 23.9 Å². The zero-order valence-electron chi connectivity index (χ0n) is 12.7. The molecular weight excluding hydrogens is 260 g/mol. The average Bonchev–Trinajstić information content (AvgIpc) is 2.51. The molecule has 1 N–H and O–H groups in total. The van der Waals surface area contributed by atoms with Crippen LogP contribution in [0.5, 0.6) is 0 Å². The number of carbonyl (C=O) groups excluding carboxylic acids is 2. The number of carbonyl (C=O) groups is 2. The summed E-state index contributed by atoms with van der Waals surface area (Å²) in [7, 11) is 1.33. The first-order valence-electron chi connectivity index (χ1n) is 7.30. The number of ether oxygens (including phenoxy) is 2. The molecule has 6 heteroatoms. The number of nitrogens with zero attached hydrogens (tertiary/aromatic N) is 1. The van der Waals surface area contributed by atoms with Gasteiger partial charge in [-0.1, -0.05) is 26.7 Å². The third kappa shape index (κ3) is 5.09. The predicted molar refractivity (Wildman–Crippen MR) is 75.3 cm³/mol. The van der Waals surface area contributed by atoms with Gasteiger partial charge in [0.1, 0.15) is 12.6 Å². The summed E-state index contributed by atoms with van der Waals surface area (Å²) >= 11 is 0. The molecule has 20 heavy (non-hydrogen) atoms. The highest BCUT2D eigenvalue weighted by atomic mass is 16.5. The van der Waals surface area contributed by atoms with E-state index in [4.69, 9.17) is 4.74 Å². The van der Waals surface area contributed by atoms with Gasteiger partial charge in [0.05, 0.1) is 13.7 Å². The number of amides is 1. The Balaban J connectivity index is 2.68. The van der Waals surface area contributed by atoms with E-state index in [0.717, 1.165) is 19.4 Å². The zero-order chi connectivity index (χ0) is 15.0. The molecule has 0 aromatic rings. The minimum absolute atomic E-state index is 0.00824. The molecule has 0 spiro atoms. The van der Waals surface area contributed by atoms with E-state index in [1.807, 2.05) is 0 Å². The van der Waals surface area contributed by atoms with Crippen LogP contribution in [-0.2, 0) is 19.1 Å². The molecule has 1 fully saturated rings. The first kappa shape index (κ1) is 16.9. The molecule has 6 nitrogen and oxygen atoms in total. The molecule has 1 saturated heterocycles. The predicted octanol–water partition coefficient (Wildman–Crippen LogP) is 0.413. The van der Waals surface area contributed by atoms with Crippen LogP contribution in [0, 0.1) is 5.92 Å². The molecule has 1 heterocycles. The van der Waals surface area contributed by atoms with Gasteiger partial charge in [-0.2, -0.15) is 0 Å². The van der Waals surface area contributed by atoms with Gasteiger partial charge in [-0.05, 0) is 5.92 Å². The van der Waals surface area contributed by atoms with Crippen LogP contribution in [-0.4, -0.2) is 62.8 Å². The highest BCUT2D eigenvalue weighted by Gasteiger charge is 2.29. The molecular formula is C14H26N2O4. The van der Waals surface area contributed by atoms with Crippen molar-refractivity contribution in [2.24, 2.45) is 5.92 Å². The van der Waals surface area contributed by atoms with Crippen molar-refractivity contribution < 1.29 is 19.1 Å². The Morgan fingerprint density at radius 1 is 1.40 bits per heavy atom. The van der Waals surface area contributed by atoms with Crippen LogP contribution in [0.2, 0.25) is 0 Å². The van der Waals surface area contributed by atoms with Crippen molar-refractivity contribution in [1.82, 2.24) is 10.2 Å². The number of methoxy groups -OCH3 is 1. The summed E-state index contributed by atoms with van der Waals surface area (Å²) in [6.45, 7) is 6.52. The molecule has 1 atom stereocenters. The van der Waals surface area contributed by atoms with Gasteiger partial charge in [0, 0.05) is 19.6 Å². The van der Waals surface area contributed by atoms with E-state index >= 15 is 0 Å². The van der Waals surface area contributed by atoms with Crippen molar-refractivity contribution in [3.63, 3.8) is 0 Å². The Kier molecular flexibility index (Phi) is 7.54. The fourth-order valence-corrected chi connectivity index (χ4v) is 2.24. The van der Waals surface area contributed by atoms with Gasteiger partial charge in [0.2, 0.25) is 0 Å². The first-order chi connectivity index (χ1) is 9.62. The van der Waals surface area contributed by atoms with Crippen LogP contribution >= 0.6 is 0 Å². The van der Waals surface area contributed by atoms with Crippen molar-refractivity contribution in [3.8, 4) is 0 Å². The molecule has 0 radical (unpaired) electrons. The number of esters is 1. The minimum atomic E-state index is -0.497. The summed E-state index contributed by atoms with van der Waals surface area (Å²) in [6, 6.07) is 0. The molecule has 1 aliphatic rings. The maximum absolute atomic E-state index is 12.5. The van der Waals surface area contributed by atoms with Gasteiger partial charge < -0.3 is 19.7 Å². The maximum atomic E-state index is 12.5. The average molecular weight is 286 g/mol. The van der Waals surface area contributed by atoms with Crippen LogP contribution in [0.4, 0.5) is 0 Å². The van der Waals surface area contributed by atoms with Gasteiger partial charge in [0.15, 0.2) is 0 Å². The van der Waals surface area contributed by atoms with Gasteiger partial charge in [-0.3, -0.25) is 9.59 Å². The van der Waals surface area contributed by atoms with Crippen molar-refractivity contribution in [1.29, 1.82) is 0 Å². The van der Waals surface area contributed by atoms with Gasteiger partial charge in [-0.15, -0.1) is 0 Å². The molecule has 116 valence electrons. The van der Waals surface area contributed by atoms with E-state index in [9.17, 15) is 9.59 Å². The molecule has 0 aromatic carbocycles. The quantitative estimate of drug-likeness (QED) is 0.687. The normalized spacial score (nSPS) is 18.9. The van der Waals surface area contributed by atoms with E-state index < -0.39 is 12.1 Å². The fraction of sp³-hybridized carbons (Fsp3) is 0.857. The van der Waals surface area contributed by atoms with E-state index in [0.29, 0.717) is 25.6 Å². The van der Waals surface area contributed by atoms with Crippen LogP contribution in [0.1, 0.15) is 26.7 Å². The molecule has 1 amide bonds. The SMILES string of the molecule is CCC(CC)CN(CC(=O)OC)C(=O)C1CNCCO1. The molecule has 0 bridgehead atoms. The summed E-state index contributed by atoms with van der Waals surface area (Å²) in [5, 5.41) is 3.13. The maximum Gasteiger partial charge on any atom is 0.325 e. The molecule has 1 aliphatic heterocycles. The Morgan fingerprint density at radius 2 is 2.10 bits per heavy atom. The number of nitrogens with one attached hydrogen (secondary N) is 1. The van der Waals surface area contributed by atoms with Crippen LogP contribution < -0.4 is 5.32 Å². The standard InChI is InChI=1S/C14H26N2O4/c1-4-11(5-2)9-16(10-13(17)19-3)14(18)12-8-15-6-7-20-12/h11-12,15H,4-10H2,1-3H3. The summed E-state index contributed by atoms with van der Waals surface area (Å²) in [4.78, 5) is 25.5. The topological polar surface area (TPSA) is 67.9 Å². The smallest absolute Gasteiger partial charge is 0.325 e. The molecule has 0 saturated carbocycles. The van der Waals surface area contributed by atoms with Crippen LogP contribution in [0.25, 0.3) is 0 Å². The third-order valence-corrected chi connectivity index (χ3v) is 3.70. The van der Waals surface area contributed by atoms with Gasteiger partial charge in [0.25, 0.3) is 5.91 Å². The monoisotopic (exact) mass is 286 g/mol. The Labute approximate surface area is 120 Å². The largest absolute Gasteiger partial charge is 0.468 e. The molecule has 0 aliphatic carbocycles. The lowest BCUT2D eigenvalue weighted by Gasteiger charge is -2.31. The Morgan fingerprint density at radius 3 is 2.60 bits per heavy atom. The fourth-order valence-electron chi connectivity index (χ4n) is 2.24. The second kappa shape index (κ2) is 8.92. The van der Waals surface area contributed by atoms with E-state index in [1.54, 1.807) is 4.90 Å². The lowest BCUT2D eigenvalue weighted by molar-refractivity contribution is -0.153. The van der Waals surface area contributed by atoms with Crippen molar-refractivity contribution in [2.75, 3.05) is 39.9 Å². The number of rotatable bonds is 7. The summed E-state index contributed by atoms with van der Waals surface area (Å²) < 4.78 is 10.2. The summed E-state index contributed by atoms with van der Waals surface area (Å²) in [5.74, 6) is -0.136. The van der Waals surface area contributed by atoms with E-state index in [1.165, 1.54) is 7.11 Å². The number of morpholine rings is 1. The van der Waals surface area contributed by atoms with E-state index in [-0.39, 0.29) is 12.5 Å². The molecule has 1 unspecified atom stereocenters. The lowest BCUT2D eigenvalue weighted by atomic mass is 10.0. The van der Waals surface area contributed by atoms with Crippen LogP contribution in [0.3, 0.4) is 0 Å². The Hall–Kier alpha value is -1.14. The number of hydrogen-bond acceptors (Lipinski definition) is 5. The number of hydrogen-bond donors (Lipinski definition) is 1. The third-order valence-electron chi connectivity index (χ3n) is 3.70. The van der Waals surface area contributed by atoms with Crippen molar-refractivity contribution >= 4 is 11.9 Å². The molecule has 0 aromatic heterocycles. The summed E-state index contributed by atoms with van der Waals surface area (Å²) in [6.07, 6.45) is 1.46. The van der Waals surface area contributed by atoms with Crippen molar-refractivity contribution in [2.45, 2.75) is 32.8 Å². The summed E-state index contributed by atoms with van der Waals surface area (Å²) in [5.41, 5.74) is 0. The second-order valence-electron chi connectivity index (χ2n) is 5.04. The molecule has 1 rings (SSSR count). The zero-order valence-corrected chi connectivity index (χ0v) is 12.7. The van der Waals surface area contributed by atoms with Crippen LogP contribution in [0.15, 0.2) is 0 Å². The highest BCUT2D eigenvalue weighted by molar-refractivity contribution is 5.85. The lowest BCUT2D eigenvalue weighted by Crippen LogP contribution is -2.51. The first-order valence-corrected chi connectivity index (χ1v) is 7.30. The van der Waals surface area contributed by atoms with Gasteiger partial charge in [-0.25, -0.2) is 0 Å². The van der Waals surface area contributed by atoms with Crippen molar-refractivity contribution in [3.05, 3.63) is 0 Å². The second-order valence-corrected chi connectivity index (χ2v) is 5.04.